The number of benzene rings is 2. The Hall–Kier alpha value is -3.12. The number of anilines is 1. The van der Waals surface area contributed by atoms with E-state index < -0.39 is 11.7 Å². The number of aromatic nitrogens is 1. The number of aromatic amines is 1. The van der Waals surface area contributed by atoms with Gasteiger partial charge in [-0.15, -0.1) is 0 Å². The first-order valence-electron chi connectivity index (χ1n) is 9.39. The van der Waals surface area contributed by atoms with Gasteiger partial charge in [0.05, 0.1) is 11.7 Å². The highest BCUT2D eigenvalue weighted by Gasteiger charge is 2.23. The minimum atomic E-state index is -0.677. The topological polar surface area (TPSA) is 80.4 Å². The fourth-order valence-corrected chi connectivity index (χ4v) is 3.50. The summed E-state index contributed by atoms with van der Waals surface area (Å²) >= 11 is 0. The van der Waals surface area contributed by atoms with Crippen molar-refractivity contribution >= 4 is 28.3 Å². The number of hydrogen-bond donors (Lipinski definition) is 2. The third-order valence-corrected chi connectivity index (χ3v) is 4.88. The Labute approximate surface area is 162 Å². The average Bonchev–Trinajstić information content (AvgIpc) is 3.33. The SMILES string of the molecule is Cc1[nH]c2ccccc2c1C(=O)C(=O)Nc1cccc(OC[C@@H]2CCCO2)c1. The summed E-state index contributed by atoms with van der Waals surface area (Å²) in [5, 5.41) is 3.42. The van der Waals surface area contributed by atoms with Crippen LogP contribution >= 0.6 is 0 Å². The van der Waals surface area contributed by atoms with Crippen LogP contribution in [0.15, 0.2) is 48.5 Å². The van der Waals surface area contributed by atoms with Crippen molar-refractivity contribution in [2.45, 2.75) is 25.9 Å². The van der Waals surface area contributed by atoms with Crippen molar-refractivity contribution in [2.24, 2.45) is 0 Å². The van der Waals surface area contributed by atoms with E-state index in [9.17, 15) is 9.59 Å². The molecule has 1 atom stereocenters. The molecule has 1 aliphatic rings. The Balaban J connectivity index is 1.46. The molecule has 4 rings (SSSR count). The number of fused-ring (bicyclic) bond motifs is 1. The van der Waals surface area contributed by atoms with Crippen molar-refractivity contribution in [1.82, 2.24) is 4.98 Å². The van der Waals surface area contributed by atoms with E-state index in [0.717, 1.165) is 30.4 Å². The fraction of sp³-hybridized carbons (Fsp3) is 0.273. The smallest absolute Gasteiger partial charge is 0.296 e. The molecule has 2 heterocycles. The Morgan fingerprint density at radius 1 is 1.21 bits per heavy atom. The first-order valence-corrected chi connectivity index (χ1v) is 9.39. The van der Waals surface area contributed by atoms with Crippen molar-refractivity contribution in [2.75, 3.05) is 18.5 Å². The van der Waals surface area contributed by atoms with Gasteiger partial charge in [-0.2, -0.15) is 0 Å². The quantitative estimate of drug-likeness (QED) is 0.504. The summed E-state index contributed by atoms with van der Waals surface area (Å²) in [7, 11) is 0. The summed E-state index contributed by atoms with van der Waals surface area (Å²) in [6.07, 6.45) is 2.17. The van der Waals surface area contributed by atoms with Gasteiger partial charge in [-0.1, -0.05) is 24.3 Å². The Bertz CT molecular complexity index is 1020. The van der Waals surface area contributed by atoms with E-state index in [4.69, 9.17) is 9.47 Å². The zero-order valence-corrected chi connectivity index (χ0v) is 15.7. The van der Waals surface area contributed by atoms with Crippen LogP contribution in [0.2, 0.25) is 0 Å². The third-order valence-electron chi connectivity index (χ3n) is 4.88. The molecular formula is C22H22N2O4. The molecule has 28 heavy (non-hydrogen) atoms. The van der Waals surface area contributed by atoms with E-state index in [-0.39, 0.29) is 6.10 Å². The van der Waals surface area contributed by atoms with Crippen molar-refractivity contribution in [3.63, 3.8) is 0 Å². The average molecular weight is 378 g/mol. The first kappa shape index (κ1) is 18.3. The largest absolute Gasteiger partial charge is 0.491 e. The zero-order valence-electron chi connectivity index (χ0n) is 15.7. The van der Waals surface area contributed by atoms with Crippen LogP contribution in [0.1, 0.15) is 28.9 Å². The summed E-state index contributed by atoms with van der Waals surface area (Å²) in [4.78, 5) is 28.4. The Morgan fingerprint density at radius 2 is 2.07 bits per heavy atom. The standard InChI is InChI=1S/C22H22N2O4/c1-14-20(18-9-2-3-10-19(18)23-14)21(25)22(26)24-15-6-4-7-16(12-15)28-13-17-8-5-11-27-17/h2-4,6-7,9-10,12,17,23H,5,8,11,13H2,1H3,(H,24,26)/t17-/m0/s1. The normalized spacial score (nSPS) is 16.2. The molecule has 1 saturated heterocycles. The third kappa shape index (κ3) is 3.77. The molecule has 1 amide bonds. The molecule has 0 radical (unpaired) electrons. The summed E-state index contributed by atoms with van der Waals surface area (Å²) in [5.41, 5.74) is 2.43. The van der Waals surface area contributed by atoms with Crippen LogP contribution in [0, 0.1) is 6.92 Å². The molecule has 144 valence electrons. The summed E-state index contributed by atoms with van der Waals surface area (Å²) in [5.74, 6) is -0.617. The summed E-state index contributed by atoms with van der Waals surface area (Å²) < 4.78 is 11.3. The first-order chi connectivity index (χ1) is 13.6. The van der Waals surface area contributed by atoms with Crippen molar-refractivity contribution < 1.29 is 19.1 Å². The van der Waals surface area contributed by atoms with Gasteiger partial charge in [-0.05, 0) is 38.0 Å². The maximum atomic E-state index is 12.7. The van der Waals surface area contributed by atoms with Gasteiger partial charge in [0, 0.05) is 35.0 Å². The van der Waals surface area contributed by atoms with Gasteiger partial charge in [-0.3, -0.25) is 9.59 Å². The molecule has 2 N–H and O–H groups in total. The monoisotopic (exact) mass is 378 g/mol. The van der Waals surface area contributed by atoms with E-state index >= 15 is 0 Å². The summed E-state index contributed by atoms with van der Waals surface area (Å²) in [6, 6.07) is 14.5. The molecule has 0 saturated carbocycles. The highest BCUT2D eigenvalue weighted by molar-refractivity contribution is 6.48. The lowest BCUT2D eigenvalue weighted by atomic mass is 10.1. The molecule has 0 aliphatic carbocycles. The number of aryl methyl sites for hydroxylation is 1. The van der Waals surface area contributed by atoms with Crippen LogP contribution in [-0.2, 0) is 9.53 Å². The molecule has 0 unspecified atom stereocenters. The molecule has 0 bridgehead atoms. The van der Waals surface area contributed by atoms with Crippen LogP contribution < -0.4 is 10.1 Å². The zero-order chi connectivity index (χ0) is 19.5. The molecule has 6 nitrogen and oxygen atoms in total. The lowest BCUT2D eigenvalue weighted by molar-refractivity contribution is -0.112. The van der Waals surface area contributed by atoms with Gasteiger partial charge >= 0.3 is 0 Å². The maximum Gasteiger partial charge on any atom is 0.296 e. The lowest BCUT2D eigenvalue weighted by Crippen LogP contribution is -2.23. The van der Waals surface area contributed by atoms with Gasteiger partial charge in [0.15, 0.2) is 0 Å². The van der Waals surface area contributed by atoms with Crippen LogP contribution in [0.25, 0.3) is 10.9 Å². The molecule has 0 spiro atoms. The Kier molecular flexibility index (Phi) is 5.12. The lowest BCUT2D eigenvalue weighted by Gasteiger charge is -2.12. The number of rotatable bonds is 6. The molecule has 6 heteroatoms. The molecule has 3 aromatic rings. The van der Waals surface area contributed by atoms with E-state index in [1.807, 2.05) is 30.3 Å². The van der Waals surface area contributed by atoms with E-state index in [1.165, 1.54) is 0 Å². The number of ketones is 1. The predicted octanol–water partition coefficient (Wildman–Crippen LogP) is 3.86. The number of carbonyl (C=O) groups is 2. The van der Waals surface area contributed by atoms with Gasteiger partial charge < -0.3 is 19.8 Å². The number of hydrogen-bond acceptors (Lipinski definition) is 4. The van der Waals surface area contributed by atoms with E-state index in [0.29, 0.717) is 29.3 Å². The van der Waals surface area contributed by atoms with Gasteiger partial charge in [0.25, 0.3) is 11.7 Å². The predicted molar refractivity (Wildman–Crippen MR) is 107 cm³/mol. The number of carbonyl (C=O) groups excluding carboxylic acids is 2. The second-order valence-electron chi connectivity index (χ2n) is 6.93. The highest BCUT2D eigenvalue weighted by atomic mass is 16.5. The van der Waals surface area contributed by atoms with Gasteiger partial charge in [0.2, 0.25) is 0 Å². The molecule has 1 fully saturated rings. The number of amides is 1. The van der Waals surface area contributed by atoms with Gasteiger partial charge in [0.1, 0.15) is 12.4 Å². The van der Waals surface area contributed by atoms with Crippen molar-refractivity contribution in [1.29, 1.82) is 0 Å². The van der Waals surface area contributed by atoms with E-state index in [1.54, 1.807) is 25.1 Å². The van der Waals surface area contributed by atoms with Crippen LogP contribution in [0.4, 0.5) is 5.69 Å². The molecule has 2 aromatic carbocycles. The molecule has 1 aliphatic heterocycles. The minimum Gasteiger partial charge on any atom is -0.491 e. The number of H-pyrrole nitrogens is 1. The minimum absolute atomic E-state index is 0.115. The highest BCUT2D eigenvalue weighted by Crippen LogP contribution is 2.24. The second kappa shape index (κ2) is 7.86. The fourth-order valence-electron chi connectivity index (χ4n) is 3.50. The molecule has 1 aromatic heterocycles. The molecular weight excluding hydrogens is 356 g/mol. The van der Waals surface area contributed by atoms with E-state index in [2.05, 4.69) is 10.3 Å². The maximum absolute atomic E-state index is 12.7. The van der Waals surface area contributed by atoms with Crippen molar-refractivity contribution in [3.8, 4) is 5.75 Å². The van der Waals surface area contributed by atoms with Crippen LogP contribution in [0.3, 0.4) is 0 Å². The number of Topliss-reactive ketones (excluding diaryl/α,β-unsaturated/α-hetero) is 1. The summed E-state index contributed by atoms with van der Waals surface area (Å²) in [6.45, 7) is 3.05. The van der Waals surface area contributed by atoms with Crippen LogP contribution in [0.5, 0.6) is 5.75 Å². The Morgan fingerprint density at radius 3 is 2.89 bits per heavy atom. The number of para-hydroxylation sites is 1. The second-order valence-corrected chi connectivity index (χ2v) is 6.93. The van der Waals surface area contributed by atoms with Crippen LogP contribution in [-0.4, -0.2) is 36.0 Å². The number of ether oxygens (including phenoxy) is 2. The number of nitrogens with one attached hydrogen (secondary N) is 2. The van der Waals surface area contributed by atoms with Crippen molar-refractivity contribution in [3.05, 3.63) is 59.8 Å². The van der Waals surface area contributed by atoms with Gasteiger partial charge in [-0.25, -0.2) is 0 Å².